The van der Waals surface area contributed by atoms with Gasteiger partial charge in [-0.15, -0.1) is 0 Å². The van der Waals surface area contributed by atoms with Crippen LogP contribution in [0.1, 0.15) is 42.1 Å². The van der Waals surface area contributed by atoms with Crippen molar-refractivity contribution in [3.05, 3.63) is 58.6 Å². The van der Waals surface area contributed by atoms with Crippen LogP contribution in [0, 0.1) is 0 Å². The van der Waals surface area contributed by atoms with Crippen LogP contribution < -0.4 is 26.2 Å². The smallest absolute Gasteiger partial charge is 0.404 e. The van der Waals surface area contributed by atoms with Gasteiger partial charge >= 0.3 is 23.8 Å². The molecule has 6 rings (SSSR count). The summed E-state index contributed by atoms with van der Waals surface area (Å²) in [6.07, 6.45) is 0.343. The quantitative estimate of drug-likeness (QED) is 0.171. The molecular formula is C28H30N6O10. The Bertz CT molecular complexity index is 1770. The minimum absolute atomic E-state index is 0.0156. The van der Waals surface area contributed by atoms with Crippen molar-refractivity contribution >= 4 is 34.7 Å². The van der Waals surface area contributed by atoms with E-state index in [9.17, 15) is 34.8 Å². The monoisotopic (exact) mass is 610 g/mol. The minimum Gasteiger partial charge on any atom is -0.486 e. The number of rotatable bonds is 6. The second kappa shape index (κ2) is 12.2. The first-order valence-electron chi connectivity index (χ1n) is 13.5. The van der Waals surface area contributed by atoms with Crippen molar-refractivity contribution in [2.45, 2.75) is 37.8 Å². The molecule has 3 aromatic heterocycles. The Morgan fingerprint density at radius 2 is 1.70 bits per heavy atom. The van der Waals surface area contributed by atoms with Crippen molar-refractivity contribution in [2.75, 3.05) is 25.6 Å². The topological polar surface area (TPSA) is 234 Å². The average Bonchev–Trinajstić information content (AvgIpc) is 3.62. The molecule has 16 nitrogen and oxygen atoms in total. The maximum atomic E-state index is 13.1. The number of amides is 1. The lowest BCUT2D eigenvalue weighted by Crippen LogP contribution is -2.41. The van der Waals surface area contributed by atoms with Gasteiger partial charge in [-0.1, -0.05) is 12.8 Å². The Labute approximate surface area is 248 Å². The fourth-order valence-electron chi connectivity index (χ4n) is 5.19. The third kappa shape index (κ3) is 6.26. The van der Waals surface area contributed by atoms with Gasteiger partial charge in [0, 0.05) is 17.7 Å². The van der Waals surface area contributed by atoms with E-state index in [0.29, 0.717) is 46.1 Å². The molecule has 1 aliphatic heterocycles. The standard InChI is InChI=1S/C26H25N5O8.C2H5NO2/c32-24(33)15-9-17(14-5-6-20-21(10-14)39-8-7-38-20)28-23(11-15)29-22-12-18-19(13-27-22)31(26(35,36)37)25(34)30(18)16-3-1-2-4-16;1-5-2(3)4/h5-6,9-13,16,35-37H,1-4,7-8H2,(H,32,33)(H,27,28,29);1H3,(H2,3,4). The number of carbonyl (C=O) groups is 2. The molecule has 4 aromatic rings. The van der Waals surface area contributed by atoms with E-state index in [1.54, 1.807) is 18.2 Å². The molecule has 4 heterocycles. The number of anilines is 2. The maximum absolute atomic E-state index is 13.1. The van der Waals surface area contributed by atoms with E-state index in [1.165, 1.54) is 36.1 Å². The fraction of sp³-hybridized carbons (Fsp3) is 0.321. The van der Waals surface area contributed by atoms with Gasteiger partial charge in [0.2, 0.25) is 0 Å². The number of aromatic carboxylic acids is 1. The van der Waals surface area contributed by atoms with Crippen LogP contribution in [-0.2, 0) is 10.8 Å². The summed E-state index contributed by atoms with van der Waals surface area (Å²) in [5.41, 5.74) is 4.97. The predicted octanol–water partition coefficient (Wildman–Crippen LogP) is 1.84. The zero-order chi connectivity index (χ0) is 31.6. The molecule has 0 radical (unpaired) electrons. The number of nitrogens with two attached hydrogens (primary N) is 1. The van der Waals surface area contributed by atoms with Gasteiger partial charge < -0.3 is 45.7 Å². The summed E-state index contributed by atoms with van der Waals surface area (Å²) in [7, 11) is 1.22. The van der Waals surface area contributed by atoms with E-state index in [4.69, 9.17) is 9.47 Å². The van der Waals surface area contributed by atoms with Crippen LogP contribution in [0.2, 0.25) is 0 Å². The maximum Gasteiger partial charge on any atom is 0.404 e. The van der Waals surface area contributed by atoms with Crippen molar-refractivity contribution in [3.8, 4) is 22.8 Å². The second-order valence-corrected chi connectivity index (χ2v) is 10.0. The number of carboxylic acids is 1. The van der Waals surface area contributed by atoms with Gasteiger partial charge in [-0.3, -0.25) is 4.57 Å². The van der Waals surface area contributed by atoms with E-state index in [-0.39, 0.29) is 28.8 Å². The van der Waals surface area contributed by atoms with Gasteiger partial charge in [0.25, 0.3) is 0 Å². The molecule has 16 heteroatoms. The molecule has 0 bridgehead atoms. The van der Waals surface area contributed by atoms with Gasteiger partial charge in [0.05, 0.1) is 35.6 Å². The molecule has 0 spiro atoms. The third-order valence-corrected chi connectivity index (χ3v) is 7.12. The lowest BCUT2D eigenvalue weighted by Gasteiger charge is -2.19. The molecule has 1 aliphatic carbocycles. The molecule has 1 aromatic carbocycles. The van der Waals surface area contributed by atoms with Crippen molar-refractivity contribution < 1.29 is 44.2 Å². The Morgan fingerprint density at radius 1 is 1.02 bits per heavy atom. The molecule has 0 saturated heterocycles. The number of fused-ring (bicyclic) bond motifs is 2. The van der Waals surface area contributed by atoms with Crippen LogP contribution in [0.5, 0.6) is 11.5 Å². The molecule has 232 valence electrons. The molecular weight excluding hydrogens is 580 g/mol. The zero-order valence-corrected chi connectivity index (χ0v) is 23.5. The van der Waals surface area contributed by atoms with Gasteiger partial charge in [0.15, 0.2) is 11.5 Å². The molecule has 1 saturated carbocycles. The predicted molar refractivity (Wildman–Crippen MR) is 154 cm³/mol. The number of nitrogens with one attached hydrogen (secondary N) is 1. The van der Waals surface area contributed by atoms with Crippen molar-refractivity contribution in [3.63, 3.8) is 0 Å². The normalized spacial score (nSPS) is 14.5. The highest BCUT2D eigenvalue weighted by atomic mass is 16.7. The van der Waals surface area contributed by atoms with Crippen molar-refractivity contribution in [2.24, 2.45) is 5.73 Å². The van der Waals surface area contributed by atoms with Crippen molar-refractivity contribution in [1.29, 1.82) is 0 Å². The van der Waals surface area contributed by atoms with Crippen LogP contribution >= 0.6 is 0 Å². The van der Waals surface area contributed by atoms with Crippen LogP contribution in [0.3, 0.4) is 0 Å². The first-order chi connectivity index (χ1) is 21.0. The lowest BCUT2D eigenvalue weighted by molar-refractivity contribution is -0.374. The van der Waals surface area contributed by atoms with E-state index >= 15 is 0 Å². The van der Waals surface area contributed by atoms with E-state index in [2.05, 4.69) is 25.8 Å². The number of methoxy groups -OCH3 is 1. The Morgan fingerprint density at radius 3 is 2.34 bits per heavy atom. The molecule has 1 fully saturated rings. The van der Waals surface area contributed by atoms with Gasteiger partial charge in [-0.05, 0) is 43.2 Å². The number of nitrogens with zero attached hydrogens (tertiary/aromatic N) is 4. The number of hydrogen-bond acceptors (Lipinski definition) is 12. The molecule has 2 aliphatic rings. The molecule has 1 amide bonds. The van der Waals surface area contributed by atoms with Crippen LogP contribution in [0.25, 0.3) is 22.3 Å². The number of primary amides is 1. The minimum atomic E-state index is -3.41. The number of aliphatic hydroxyl groups is 3. The average molecular weight is 611 g/mol. The zero-order valence-electron chi connectivity index (χ0n) is 23.5. The van der Waals surface area contributed by atoms with Gasteiger partial charge in [0.1, 0.15) is 24.8 Å². The number of carbonyl (C=O) groups excluding carboxylic acids is 1. The van der Waals surface area contributed by atoms with Gasteiger partial charge in [-0.2, -0.15) is 0 Å². The third-order valence-electron chi connectivity index (χ3n) is 7.12. The van der Waals surface area contributed by atoms with Crippen molar-refractivity contribution in [1.82, 2.24) is 19.1 Å². The summed E-state index contributed by atoms with van der Waals surface area (Å²) in [6.45, 7) is 0.843. The van der Waals surface area contributed by atoms with Crippen LogP contribution in [-0.4, -0.2) is 71.9 Å². The lowest BCUT2D eigenvalue weighted by atomic mass is 10.1. The summed E-state index contributed by atoms with van der Waals surface area (Å²) in [5, 5.41) is 42.3. The van der Waals surface area contributed by atoms with Crippen LogP contribution in [0.4, 0.5) is 16.4 Å². The first-order valence-corrected chi connectivity index (χ1v) is 13.5. The van der Waals surface area contributed by atoms with E-state index < -0.39 is 23.8 Å². The Hall–Kier alpha value is -5.19. The summed E-state index contributed by atoms with van der Waals surface area (Å²) in [6, 6.07) is 9.35. The van der Waals surface area contributed by atoms with Crippen LogP contribution in [0.15, 0.2) is 47.4 Å². The highest BCUT2D eigenvalue weighted by Gasteiger charge is 2.32. The number of ether oxygens (including phenoxy) is 3. The Kier molecular flexibility index (Phi) is 8.39. The van der Waals surface area contributed by atoms with E-state index in [1.807, 2.05) is 0 Å². The van der Waals surface area contributed by atoms with Gasteiger partial charge in [-0.25, -0.2) is 28.9 Å². The summed E-state index contributed by atoms with van der Waals surface area (Å²) in [5.74, 6) is 0.383. The number of hydrogen-bond donors (Lipinski definition) is 6. The SMILES string of the molecule is COC(N)=O.O=C(O)c1cc(Nc2cc3c(cn2)n(C(O)(O)O)c(=O)n3C2CCCC2)nc(-c2ccc3c(c2)OCCO3)c1. The molecule has 0 unspecified atom stereocenters. The molecule has 44 heavy (non-hydrogen) atoms. The highest BCUT2D eigenvalue weighted by molar-refractivity contribution is 5.90. The summed E-state index contributed by atoms with van der Waals surface area (Å²) in [4.78, 5) is 43.2. The fourth-order valence-corrected chi connectivity index (χ4v) is 5.19. The summed E-state index contributed by atoms with van der Waals surface area (Å²) < 4.78 is 17.0. The Balaban J connectivity index is 0.000000712. The van der Waals surface area contributed by atoms with E-state index in [0.717, 1.165) is 25.7 Å². The number of benzene rings is 1. The molecule has 7 N–H and O–H groups in total. The number of aromatic nitrogens is 4. The highest BCUT2D eigenvalue weighted by Crippen LogP contribution is 2.35. The number of pyridine rings is 2. The molecule has 0 atom stereocenters. The summed E-state index contributed by atoms with van der Waals surface area (Å²) >= 11 is 0. The number of carboxylic acid groups (broad SMARTS) is 1. The first kappa shape index (κ1) is 30.3. The second-order valence-electron chi connectivity index (χ2n) is 10.0. The number of imidazole rings is 1. The largest absolute Gasteiger partial charge is 0.486 e.